The van der Waals surface area contributed by atoms with Crippen LogP contribution in [0.5, 0.6) is 11.5 Å². The number of hydrogen-bond acceptors (Lipinski definition) is 5. The summed E-state index contributed by atoms with van der Waals surface area (Å²) in [4.78, 5) is 26.0. The SMILES string of the molecule is COc1cccc(/C=C(\C#N)C(=O)Nc2c(C)n(C)n(-c3ccccc3)c2=O)c1OC(C)C. The van der Waals surface area contributed by atoms with Crippen LogP contribution in [-0.2, 0) is 11.8 Å². The van der Waals surface area contributed by atoms with E-state index in [1.165, 1.54) is 17.9 Å². The smallest absolute Gasteiger partial charge is 0.295 e. The van der Waals surface area contributed by atoms with E-state index in [9.17, 15) is 14.9 Å². The summed E-state index contributed by atoms with van der Waals surface area (Å²) in [6.45, 7) is 5.46. The summed E-state index contributed by atoms with van der Waals surface area (Å²) >= 11 is 0. The molecule has 0 bridgehead atoms. The molecule has 0 aliphatic rings. The number of nitrogens with zero attached hydrogens (tertiary/aromatic N) is 3. The third kappa shape index (κ3) is 4.83. The molecule has 2 aromatic carbocycles. The topological polar surface area (TPSA) is 98.3 Å². The van der Waals surface area contributed by atoms with Crippen LogP contribution in [0.1, 0.15) is 25.1 Å². The molecule has 1 aromatic heterocycles. The predicted octanol–water partition coefficient (Wildman–Crippen LogP) is 3.83. The molecule has 0 radical (unpaired) electrons. The Labute approximate surface area is 192 Å². The van der Waals surface area contributed by atoms with E-state index in [1.54, 1.807) is 49.0 Å². The number of methoxy groups -OCH3 is 1. The van der Waals surface area contributed by atoms with Crippen molar-refractivity contribution in [3.63, 3.8) is 0 Å². The average molecular weight is 447 g/mol. The second kappa shape index (κ2) is 9.92. The molecule has 3 aromatic rings. The third-order valence-corrected chi connectivity index (χ3v) is 5.04. The maximum absolute atomic E-state index is 13.1. The van der Waals surface area contributed by atoms with Crippen LogP contribution in [0.2, 0.25) is 0 Å². The number of hydrogen-bond donors (Lipinski definition) is 1. The molecule has 0 saturated heterocycles. The molecule has 3 rings (SSSR count). The number of benzene rings is 2. The van der Waals surface area contributed by atoms with E-state index in [0.29, 0.717) is 28.4 Å². The highest BCUT2D eigenvalue weighted by Crippen LogP contribution is 2.33. The molecule has 8 nitrogen and oxygen atoms in total. The first-order chi connectivity index (χ1) is 15.8. The van der Waals surface area contributed by atoms with Crippen molar-refractivity contribution < 1.29 is 14.3 Å². The fourth-order valence-electron chi connectivity index (χ4n) is 3.37. The summed E-state index contributed by atoms with van der Waals surface area (Å²) < 4.78 is 14.3. The van der Waals surface area contributed by atoms with Crippen molar-refractivity contribution in [1.82, 2.24) is 9.36 Å². The van der Waals surface area contributed by atoms with Gasteiger partial charge in [0.1, 0.15) is 17.3 Å². The fourth-order valence-corrected chi connectivity index (χ4v) is 3.37. The Bertz CT molecular complexity index is 1290. The highest BCUT2D eigenvalue weighted by atomic mass is 16.5. The number of carbonyl (C=O) groups is 1. The quantitative estimate of drug-likeness (QED) is 0.439. The summed E-state index contributed by atoms with van der Waals surface area (Å²) in [5.74, 6) is 0.222. The Kier molecular flexibility index (Phi) is 7.04. The zero-order chi connectivity index (χ0) is 24.1. The van der Waals surface area contributed by atoms with Gasteiger partial charge < -0.3 is 14.8 Å². The van der Waals surface area contributed by atoms with Gasteiger partial charge in [0.05, 0.1) is 24.6 Å². The number of nitrogens with one attached hydrogen (secondary N) is 1. The van der Waals surface area contributed by atoms with Crippen LogP contribution in [0.25, 0.3) is 11.8 Å². The number of anilines is 1. The molecule has 0 fully saturated rings. The maximum atomic E-state index is 13.1. The van der Waals surface area contributed by atoms with Crippen molar-refractivity contribution >= 4 is 17.7 Å². The lowest BCUT2D eigenvalue weighted by Gasteiger charge is -2.16. The van der Waals surface area contributed by atoms with Crippen LogP contribution in [0.3, 0.4) is 0 Å². The minimum atomic E-state index is -0.693. The Morgan fingerprint density at radius 3 is 2.45 bits per heavy atom. The van der Waals surface area contributed by atoms with Crippen LogP contribution >= 0.6 is 0 Å². The molecular weight excluding hydrogens is 420 g/mol. The van der Waals surface area contributed by atoms with Gasteiger partial charge in [-0.1, -0.05) is 30.3 Å². The minimum absolute atomic E-state index is 0.108. The van der Waals surface area contributed by atoms with Crippen molar-refractivity contribution in [2.45, 2.75) is 26.9 Å². The van der Waals surface area contributed by atoms with E-state index in [4.69, 9.17) is 9.47 Å². The van der Waals surface area contributed by atoms with Crippen LogP contribution in [0.15, 0.2) is 58.9 Å². The average Bonchev–Trinajstić information content (AvgIpc) is 3.01. The predicted molar refractivity (Wildman–Crippen MR) is 127 cm³/mol. The Balaban J connectivity index is 2.00. The van der Waals surface area contributed by atoms with E-state index < -0.39 is 11.5 Å². The molecular formula is C25H26N4O4. The summed E-state index contributed by atoms with van der Waals surface area (Å²) in [6, 6.07) is 16.2. The molecule has 33 heavy (non-hydrogen) atoms. The third-order valence-electron chi connectivity index (χ3n) is 5.04. The lowest BCUT2D eigenvalue weighted by atomic mass is 10.1. The van der Waals surface area contributed by atoms with Gasteiger partial charge in [0.2, 0.25) is 0 Å². The fraction of sp³-hybridized carbons (Fsp3) is 0.240. The number of rotatable bonds is 7. The van der Waals surface area contributed by atoms with Gasteiger partial charge in [0, 0.05) is 12.6 Å². The highest BCUT2D eigenvalue weighted by molar-refractivity contribution is 6.10. The molecule has 1 heterocycles. The first kappa shape index (κ1) is 23.4. The number of amides is 1. The molecule has 8 heteroatoms. The van der Waals surface area contributed by atoms with Crippen LogP contribution in [0.4, 0.5) is 5.69 Å². The first-order valence-electron chi connectivity index (χ1n) is 10.4. The number of ether oxygens (including phenoxy) is 2. The Morgan fingerprint density at radius 1 is 1.15 bits per heavy atom. The second-order valence-electron chi connectivity index (χ2n) is 7.61. The molecule has 0 aliphatic heterocycles. The largest absolute Gasteiger partial charge is 0.493 e. The van der Waals surface area contributed by atoms with E-state index in [0.717, 1.165) is 0 Å². The van der Waals surface area contributed by atoms with E-state index >= 15 is 0 Å². The van der Waals surface area contributed by atoms with Crippen LogP contribution < -0.4 is 20.3 Å². The highest BCUT2D eigenvalue weighted by Gasteiger charge is 2.21. The molecule has 1 amide bonds. The van der Waals surface area contributed by atoms with Gasteiger partial charge in [-0.05, 0) is 45.0 Å². The molecule has 0 aliphatic carbocycles. The monoisotopic (exact) mass is 446 g/mol. The van der Waals surface area contributed by atoms with Gasteiger partial charge in [-0.2, -0.15) is 5.26 Å². The minimum Gasteiger partial charge on any atom is -0.493 e. The van der Waals surface area contributed by atoms with Crippen molar-refractivity contribution in [2.24, 2.45) is 7.05 Å². The zero-order valence-corrected chi connectivity index (χ0v) is 19.2. The van der Waals surface area contributed by atoms with E-state index in [1.807, 2.05) is 38.1 Å². The Morgan fingerprint density at radius 2 is 1.85 bits per heavy atom. The van der Waals surface area contributed by atoms with Gasteiger partial charge in [0.25, 0.3) is 11.5 Å². The number of nitriles is 1. The van der Waals surface area contributed by atoms with Gasteiger partial charge in [-0.25, -0.2) is 4.68 Å². The van der Waals surface area contributed by atoms with Crippen molar-refractivity contribution in [3.8, 4) is 23.3 Å². The lowest BCUT2D eigenvalue weighted by Crippen LogP contribution is -2.23. The van der Waals surface area contributed by atoms with E-state index in [2.05, 4.69) is 5.32 Å². The number of para-hydroxylation sites is 2. The summed E-state index contributed by atoms with van der Waals surface area (Å²) in [5, 5.41) is 12.3. The normalized spacial score (nSPS) is 11.2. The molecule has 0 atom stereocenters. The van der Waals surface area contributed by atoms with Gasteiger partial charge in [0.15, 0.2) is 11.5 Å². The molecule has 1 N–H and O–H groups in total. The van der Waals surface area contributed by atoms with E-state index in [-0.39, 0.29) is 17.4 Å². The molecule has 0 saturated carbocycles. The summed E-state index contributed by atoms with van der Waals surface area (Å²) in [6.07, 6.45) is 1.28. The lowest BCUT2D eigenvalue weighted by molar-refractivity contribution is -0.112. The van der Waals surface area contributed by atoms with Crippen molar-refractivity contribution in [1.29, 1.82) is 5.26 Å². The van der Waals surface area contributed by atoms with Crippen molar-refractivity contribution in [2.75, 3.05) is 12.4 Å². The summed E-state index contributed by atoms with van der Waals surface area (Å²) in [7, 11) is 3.25. The number of carbonyl (C=O) groups excluding carboxylic acids is 1. The molecule has 0 unspecified atom stereocenters. The van der Waals surface area contributed by atoms with Crippen LogP contribution in [0, 0.1) is 18.3 Å². The first-order valence-corrected chi connectivity index (χ1v) is 10.4. The van der Waals surface area contributed by atoms with Crippen LogP contribution in [-0.4, -0.2) is 28.5 Å². The standard InChI is InChI=1S/C25H26N4O4/c1-16(2)33-23-18(10-9-13-21(23)32-5)14-19(15-26)24(30)27-22-17(3)28(4)29(25(22)31)20-11-7-6-8-12-20/h6-14,16H,1-5H3,(H,27,30)/b19-14+. The Hall–Kier alpha value is -4.25. The number of aromatic nitrogens is 2. The molecule has 0 spiro atoms. The maximum Gasteiger partial charge on any atom is 0.295 e. The summed E-state index contributed by atoms with van der Waals surface area (Å²) in [5.41, 5.74) is 1.28. The second-order valence-corrected chi connectivity index (χ2v) is 7.61. The van der Waals surface area contributed by atoms with Gasteiger partial charge in [-0.15, -0.1) is 0 Å². The van der Waals surface area contributed by atoms with Gasteiger partial charge in [-0.3, -0.25) is 14.3 Å². The van der Waals surface area contributed by atoms with Crippen molar-refractivity contribution in [3.05, 3.63) is 75.7 Å². The molecule has 170 valence electrons. The zero-order valence-electron chi connectivity index (χ0n) is 19.2. The van der Waals surface area contributed by atoms with Gasteiger partial charge >= 0.3 is 0 Å².